The van der Waals surface area contributed by atoms with Gasteiger partial charge in [-0.3, -0.25) is 14.4 Å². The van der Waals surface area contributed by atoms with Crippen LogP contribution in [0.2, 0.25) is 0 Å². The number of rotatable bonds is 4. The van der Waals surface area contributed by atoms with Gasteiger partial charge in [0.05, 0.1) is 29.2 Å². The van der Waals surface area contributed by atoms with E-state index in [-0.39, 0.29) is 24.3 Å². The Hall–Kier alpha value is -3.10. The van der Waals surface area contributed by atoms with Crippen molar-refractivity contribution < 1.29 is 19.5 Å². The first kappa shape index (κ1) is 25.2. The molecular formula is C30H33N3O4S. The molecule has 1 N–H and O–H groups in total. The van der Waals surface area contributed by atoms with Gasteiger partial charge in [0.15, 0.2) is 0 Å². The van der Waals surface area contributed by atoms with Gasteiger partial charge in [0.1, 0.15) is 6.04 Å². The minimum absolute atomic E-state index is 0.0747. The number of likely N-dealkylation sites (N-methyl/N-ethyl adjacent to an activating group) is 1. The lowest BCUT2D eigenvalue weighted by atomic mass is 9.74. The van der Waals surface area contributed by atoms with Gasteiger partial charge in [-0.05, 0) is 36.2 Å². The number of anilines is 1. The molecule has 0 aliphatic carbocycles. The van der Waals surface area contributed by atoms with Crippen molar-refractivity contribution in [2.45, 2.75) is 41.8 Å². The fourth-order valence-electron chi connectivity index (χ4n) is 6.97. The zero-order chi connectivity index (χ0) is 26.8. The average molecular weight is 532 g/mol. The highest BCUT2D eigenvalue weighted by atomic mass is 32.2. The Labute approximate surface area is 227 Å². The molecule has 1 spiro atoms. The van der Waals surface area contributed by atoms with E-state index >= 15 is 0 Å². The summed E-state index contributed by atoms with van der Waals surface area (Å²) in [7, 11) is 1.76. The lowest BCUT2D eigenvalue weighted by Crippen LogP contribution is -2.56. The molecule has 6 rings (SSSR count). The van der Waals surface area contributed by atoms with Crippen molar-refractivity contribution in [3.63, 3.8) is 0 Å². The monoisotopic (exact) mass is 531 g/mol. The molecule has 2 aromatic carbocycles. The van der Waals surface area contributed by atoms with Gasteiger partial charge in [-0.15, -0.1) is 11.8 Å². The van der Waals surface area contributed by atoms with E-state index in [1.165, 1.54) is 0 Å². The van der Waals surface area contributed by atoms with E-state index in [1.54, 1.807) is 33.5 Å². The van der Waals surface area contributed by atoms with Crippen LogP contribution in [0.15, 0.2) is 66.8 Å². The van der Waals surface area contributed by atoms with Gasteiger partial charge in [-0.1, -0.05) is 61.6 Å². The Morgan fingerprint density at radius 1 is 0.974 bits per heavy atom. The van der Waals surface area contributed by atoms with Crippen LogP contribution in [0.25, 0.3) is 10.8 Å². The molecule has 198 valence electrons. The van der Waals surface area contributed by atoms with Crippen LogP contribution in [0.1, 0.15) is 20.3 Å². The summed E-state index contributed by atoms with van der Waals surface area (Å²) in [6, 6.07) is 12.6. The Balaban J connectivity index is 1.51. The van der Waals surface area contributed by atoms with Gasteiger partial charge in [0.2, 0.25) is 11.8 Å². The summed E-state index contributed by atoms with van der Waals surface area (Å²) < 4.78 is -1.55. The van der Waals surface area contributed by atoms with Crippen molar-refractivity contribution >= 4 is 45.9 Å². The second kappa shape index (κ2) is 8.99. The Morgan fingerprint density at radius 2 is 1.71 bits per heavy atom. The third kappa shape index (κ3) is 3.42. The average Bonchev–Trinajstić information content (AvgIpc) is 3.19. The van der Waals surface area contributed by atoms with Crippen LogP contribution in [0.5, 0.6) is 0 Å². The lowest BCUT2D eigenvalue weighted by Gasteiger charge is -2.39. The summed E-state index contributed by atoms with van der Waals surface area (Å²) in [4.78, 5) is 47.7. The number of fused-ring (bicyclic) bond motifs is 3. The second-order valence-corrected chi connectivity index (χ2v) is 12.8. The number of benzene rings is 2. The number of hydrogen-bond acceptors (Lipinski definition) is 5. The highest BCUT2D eigenvalue weighted by Gasteiger charge is 2.74. The van der Waals surface area contributed by atoms with Gasteiger partial charge in [-0.2, -0.15) is 0 Å². The highest BCUT2D eigenvalue weighted by Crippen LogP contribution is 2.65. The first-order valence-corrected chi connectivity index (χ1v) is 14.1. The molecule has 0 saturated carbocycles. The number of hydrogen-bond donors (Lipinski definition) is 1. The standard InChI is InChI=1S/C30H33N3O4S/c1-4-21(18-34)33-25-28(37)32(22-12-11-19-9-5-6-10-20(19)17-22)16-8-14-30(25)24(27(33)36)23-26(35)31(3)15-7-13-29(23,2)38-30/h5-14,17,21,23-25,34H,4,15-16,18H2,1-3H3/t21-,23-,24-,25?,29+,30-/m0/s1. The maximum atomic E-state index is 14.6. The van der Waals surface area contributed by atoms with E-state index in [9.17, 15) is 19.5 Å². The van der Waals surface area contributed by atoms with Crippen molar-refractivity contribution in [1.29, 1.82) is 0 Å². The van der Waals surface area contributed by atoms with Crippen LogP contribution < -0.4 is 4.90 Å². The number of carbonyl (C=O) groups is 3. The van der Waals surface area contributed by atoms with E-state index in [1.807, 2.05) is 74.5 Å². The van der Waals surface area contributed by atoms with Gasteiger partial charge in [-0.25, -0.2) is 0 Å². The number of aliphatic hydroxyl groups excluding tert-OH is 1. The number of likely N-dealkylation sites (tertiary alicyclic amines) is 1. The molecule has 2 fully saturated rings. The molecule has 0 bridgehead atoms. The first-order valence-electron chi connectivity index (χ1n) is 13.3. The fraction of sp³-hybridized carbons (Fsp3) is 0.433. The molecule has 0 aromatic heterocycles. The van der Waals surface area contributed by atoms with Crippen LogP contribution in [0.3, 0.4) is 0 Å². The topological polar surface area (TPSA) is 81.2 Å². The van der Waals surface area contributed by atoms with Crippen molar-refractivity contribution in [1.82, 2.24) is 9.80 Å². The SMILES string of the molecule is CC[C@@H](CO)N1C(=O)[C@@H]2[C@H]3C(=O)N(C)CC=C[C@@]3(C)S[C@@]23C=CCN(c2ccc4ccccc4c2)C(=O)C13. The molecule has 0 radical (unpaired) electrons. The van der Waals surface area contributed by atoms with Crippen molar-refractivity contribution in [2.75, 3.05) is 31.6 Å². The molecule has 4 aliphatic rings. The van der Waals surface area contributed by atoms with E-state index in [4.69, 9.17) is 0 Å². The highest BCUT2D eigenvalue weighted by molar-refractivity contribution is 8.02. The van der Waals surface area contributed by atoms with Crippen LogP contribution in [-0.4, -0.2) is 80.9 Å². The zero-order valence-corrected chi connectivity index (χ0v) is 22.7. The number of nitrogens with zero attached hydrogens (tertiary/aromatic N) is 3. The predicted octanol–water partition coefficient (Wildman–Crippen LogP) is 3.23. The Bertz CT molecular complexity index is 1390. The van der Waals surface area contributed by atoms with E-state index < -0.39 is 33.4 Å². The molecule has 38 heavy (non-hydrogen) atoms. The van der Waals surface area contributed by atoms with E-state index in [0.717, 1.165) is 16.5 Å². The summed E-state index contributed by atoms with van der Waals surface area (Å²) in [6.07, 6.45) is 8.56. The van der Waals surface area contributed by atoms with Gasteiger partial charge < -0.3 is 19.8 Å². The van der Waals surface area contributed by atoms with E-state index in [2.05, 4.69) is 6.08 Å². The molecule has 8 heteroatoms. The molecule has 1 unspecified atom stereocenters. The quantitative estimate of drug-likeness (QED) is 0.613. The van der Waals surface area contributed by atoms with Crippen molar-refractivity contribution in [2.24, 2.45) is 11.8 Å². The molecule has 7 nitrogen and oxygen atoms in total. The third-order valence-corrected chi connectivity index (χ3v) is 10.6. The van der Waals surface area contributed by atoms with Crippen molar-refractivity contribution in [3.05, 3.63) is 66.8 Å². The molecular weight excluding hydrogens is 498 g/mol. The smallest absolute Gasteiger partial charge is 0.251 e. The van der Waals surface area contributed by atoms with E-state index in [0.29, 0.717) is 19.5 Å². The van der Waals surface area contributed by atoms with Crippen LogP contribution in [0.4, 0.5) is 5.69 Å². The number of carbonyl (C=O) groups excluding carboxylic acids is 3. The minimum atomic E-state index is -0.917. The van der Waals surface area contributed by atoms with Crippen LogP contribution in [0, 0.1) is 11.8 Å². The molecule has 6 atom stereocenters. The Kier molecular flexibility index (Phi) is 5.96. The summed E-state index contributed by atoms with van der Waals surface area (Å²) >= 11 is 1.57. The number of thioether (sulfide) groups is 1. The molecule has 2 saturated heterocycles. The number of amides is 3. The fourth-order valence-corrected chi connectivity index (χ4v) is 9.11. The second-order valence-electron chi connectivity index (χ2n) is 11.0. The molecule has 4 heterocycles. The molecule has 2 aromatic rings. The lowest BCUT2D eigenvalue weighted by molar-refractivity contribution is -0.144. The maximum absolute atomic E-state index is 14.6. The van der Waals surface area contributed by atoms with Crippen molar-refractivity contribution in [3.8, 4) is 0 Å². The summed E-state index contributed by atoms with van der Waals surface area (Å²) in [5.41, 5.74) is 0.766. The first-order chi connectivity index (χ1) is 18.3. The predicted molar refractivity (Wildman–Crippen MR) is 150 cm³/mol. The van der Waals surface area contributed by atoms with Gasteiger partial charge >= 0.3 is 0 Å². The van der Waals surface area contributed by atoms with Gasteiger partial charge in [0, 0.05) is 30.6 Å². The van der Waals surface area contributed by atoms with Crippen LogP contribution in [-0.2, 0) is 14.4 Å². The summed E-state index contributed by atoms with van der Waals surface area (Å²) in [5.74, 6) is -1.76. The largest absolute Gasteiger partial charge is 0.394 e. The Morgan fingerprint density at radius 3 is 2.45 bits per heavy atom. The summed E-state index contributed by atoms with van der Waals surface area (Å²) in [6.45, 7) is 4.55. The minimum Gasteiger partial charge on any atom is -0.394 e. The maximum Gasteiger partial charge on any atom is 0.251 e. The van der Waals surface area contributed by atoms with Crippen LogP contribution >= 0.6 is 11.8 Å². The number of aliphatic hydroxyl groups is 1. The molecule has 3 amide bonds. The summed E-state index contributed by atoms with van der Waals surface area (Å²) in [5, 5.41) is 12.4. The molecule has 4 aliphatic heterocycles. The van der Waals surface area contributed by atoms with Gasteiger partial charge in [0.25, 0.3) is 5.91 Å². The third-order valence-electron chi connectivity index (χ3n) is 8.82. The normalized spacial score (nSPS) is 33.3. The zero-order valence-electron chi connectivity index (χ0n) is 21.9.